The molecule has 14 rings (SSSR count). The van der Waals surface area contributed by atoms with Gasteiger partial charge in [0.2, 0.25) is 0 Å². The van der Waals surface area contributed by atoms with Crippen LogP contribution in [-0.2, 0) is 5.41 Å². The van der Waals surface area contributed by atoms with Crippen molar-refractivity contribution >= 4 is 75.4 Å². The Morgan fingerprint density at radius 1 is 0.348 bits per heavy atom. The zero-order valence-corrected chi connectivity index (χ0v) is 36.8. The molecule has 0 atom stereocenters. The number of aromatic nitrogens is 3. The predicted octanol–water partition coefficient (Wildman–Crippen LogP) is 16.7. The van der Waals surface area contributed by atoms with Crippen LogP contribution in [0.3, 0.4) is 0 Å². The Bertz CT molecular complexity index is 4020. The molecule has 4 aromatic heterocycles. The van der Waals surface area contributed by atoms with Gasteiger partial charge in [-0.25, -0.2) is 15.0 Å². The van der Waals surface area contributed by atoms with Gasteiger partial charge in [-0.15, -0.1) is 11.3 Å². The first-order chi connectivity index (χ1) is 32.4. The van der Waals surface area contributed by atoms with Crippen LogP contribution in [0.5, 0.6) is 0 Å². The lowest BCUT2D eigenvalue weighted by Gasteiger charge is -2.21. The molecule has 13 aromatic rings. The van der Waals surface area contributed by atoms with E-state index in [1.807, 2.05) is 42.5 Å². The summed E-state index contributed by atoms with van der Waals surface area (Å²) in [5, 5.41) is 6.28. The minimum Gasteiger partial charge on any atom is -0.456 e. The Morgan fingerprint density at radius 2 is 0.833 bits per heavy atom. The maximum atomic E-state index is 6.60. The molecule has 1 aliphatic carbocycles. The van der Waals surface area contributed by atoms with E-state index in [2.05, 4.69) is 159 Å². The largest absolute Gasteiger partial charge is 0.456 e. The zero-order chi connectivity index (χ0) is 43.7. The number of furan rings is 2. The lowest BCUT2D eigenvalue weighted by atomic mass is 9.82. The molecule has 310 valence electrons. The van der Waals surface area contributed by atoms with Crippen molar-refractivity contribution in [1.82, 2.24) is 15.0 Å². The van der Waals surface area contributed by atoms with Gasteiger partial charge in [-0.3, -0.25) is 0 Å². The second-order valence-corrected chi connectivity index (χ2v) is 18.9. The maximum Gasteiger partial charge on any atom is 0.164 e. The van der Waals surface area contributed by atoms with Gasteiger partial charge in [-0.05, 0) is 93.0 Å². The zero-order valence-electron chi connectivity index (χ0n) is 36.0. The van der Waals surface area contributed by atoms with Crippen LogP contribution in [0, 0.1) is 0 Å². The van der Waals surface area contributed by atoms with Gasteiger partial charge in [0.1, 0.15) is 22.3 Å². The summed E-state index contributed by atoms with van der Waals surface area (Å²) in [6.45, 7) is 4.65. The highest BCUT2D eigenvalue weighted by Crippen LogP contribution is 2.50. The first-order valence-corrected chi connectivity index (χ1v) is 23.1. The molecule has 0 amide bonds. The fraction of sp³-hybridized carbons (Fsp3) is 0.0500. The second kappa shape index (κ2) is 13.9. The number of fused-ring (bicyclic) bond motifs is 12. The summed E-state index contributed by atoms with van der Waals surface area (Å²) in [7, 11) is 0. The van der Waals surface area contributed by atoms with Crippen LogP contribution in [-0.4, -0.2) is 15.0 Å². The van der Waals surface area contributed by atoms with Crippen molar-refractivity contribution in [2.75, 3.05) is 0 Å². The van der Waals surface area contributed by atoms with Crippen molar-refractivity contribution < 1.29 is 8.83 Å². The molecule has 0 aliphatic heterocycles. The van der Waals surface area contributed by atoms with E-state index >= 15 is 0 Å². The van der Waals surface area contributed by atoms with Gasteiger partial charge >= 0.3 is 0 Å². The van der Waals surface area contributed by atoms with E-state index in [0.29, 0.717) is 17.5 Å². The molecule has 0 spiro atoms. The van der Waals surface area contributed by atoms with Crippen LogP contribution in [0.25, 0.3) is 132 Å². The van der Waals surface area contributed by atoms with Crippen LogP contribution in [0.1, 0.15) is 25.0 Å². The molecule has 0 saturated carbocycles. The van der Waals surface area contributed by atoms with Gasteiger partial charge < -0.3 is 8.83 Å². The molecular weight excluding hydrogens is 827 g/mol. The molecule has 1 aliphatic rings. The summed E-state index contributed by atoms with van der Waals surface area (Å²) < 4.78 is 15.4. The normalized spacial score (nSPS) is 13.1. The van der Waals surface area contributed by atoms with Crippen LogP contribution >= 0.6 is 11.3 Å². The predicted molar refractivity (Wildman–Crippen MR) is 272 cm³/mol. The van der Waals surface area contributed by atoms with Crippen molar-refractivity contribution in [2.45, 2.75) is 19.3 Å². The SMILES string of the molecule is CC1(C)c2ccccc2-c2cc(-c3ccc(-c4ccc5oc6cccc(-c7nc(-c8cccc9oc%10ccccc%10c89)nc(-c8cccc9sc%10ccccc%10c89)n7)c6c5c4)cc3)ccc21. The molecular formula is C60H37N3O2S. The quantitative estimate of drug-likeness (QED) is 0.172. The number of thiophene rings is 1. The summed E-state index contributed by atoms with van der Waals surface area (Å²) in [6, 6.07) is 66.6. The molecule has 0 N–H and O–H groups in total. The van der Waals surface area contributed by atoms with Gasteiger partial charge in [0, 0.05) is 63.8 Å². The minimum atomic E-state index is -0.0174. The monoisotopic (exact) mass is 863 g/mol. The number of benzene rings is 9. The molecule has 0 saturated heterocycles. The van der Waals surface area contributed by atoms with Crippen molar-refractivity contribution in [1.29, 1.82) is 0 Å². The van der Waals surface area contributed by atoms with Gasteiger partial charge in [0.05, 0.1) is 0 Å². The van der Waals surface area contributed by atoms with E-state index in [4.69, 9.17) is 23.8 Å². The Morgan fingerprint density at radius 3 is 1.56 bits per heavy atom. The van der Waals surface area contributed by atoms with Crippen LogP contribution in [0.15, 0.2) is 197 Å². The second-order valence-electron chi connectivity index (χ2n) is 17.9. The smallest absolute Gasteiger partial charge is 0.164 e. The average molecular weight is 864 g/mol. The highest BCUT2D eigenvalue weighted by atomic mass is 32.1. The molecule has 0 radical (unpaired) electrons. The first-order valence-electron chi connectivity index (χ1n) is 22.3. The fourth-order valence-electron chi connectivity index (χ4n) is 10.6. The highest BCUT2D eigenvalue weighted by molar-refractivity contribution is 7.25. The van der Waals surface area contributed by atoms with Gasteiger partial charge in [0.15, 0.2) is 17.5 Å². The topological polar surface area (TPSA) is 65.0 Å². The number of hydrogen-bond acceptors (Lipinski definition) is 6. The van der Waals surface area contributed by atoms with Crippen molar-refractivity contribution in [3.05, 3.63) is 199 Å². The molecule has 66 heavy (non-hydrogen) atoms. The van der Waals surface area contributed by atoms with E-state index < -0.39 is 0 Å². The molecule has 0 bridgehead atoms. The lowest BCUT2D eigenvalue weighted by molar-refractivity contribution is 0.660. The van der Waals surface area contributed by atoms with Crippen LogP contribution < -0.4 is 0 Å². The van der Waals surface area contributed by atoms with Crippen molar-refractivity contribution in [3.63, 3.8) is 0 Å². The molecule has 6 heteroatoms. The van der Waals surface area contributed by atoms with E-state index in [1.54, 1.807) is 11.3 Å². The number of rotatable bonds is 5. The lowest BCUT2D eigenvalue weighted by Crippen LogP contribution is -2.14. The third-order valence-electron chi connectivity index (χ3n) is 13.8. The average Bonchev–Trinajstić information content (AvgIpc) is 4.11. The fourth-order valence-corrected chi connectivity index (χ4v) is 11.7. The maximum absolute atomic E-state index is 6.60. The number of nitrogens with zero attached hydrogens (tertiary/aromatic N) is 3. The summed E-state index contributed by atoms with van der Waals surface area (Å²) in [4.78, 5) is 16.1. The van der Waals surface area contributed by atoms with Gasteiger partial charge in [0.25, 0.3) is 0 Å². The Kier molecular flexibility index (Phi) is 7.84. The molecule has 0 unspecified atom stereocenters. The van der Waals surface area contributed by atoms with Crippen molar-refractivity contribution in [2.24, 2.45) is 0 Å². The Labute approximate surface area is 383 Å². The highest BCUT2D eigenvalue weighted by Gasteiger charge is 2.35. The first kappa shape index (κ1) is 37.2. The van der Waals surface area contributed by atoms with E-state index in [9.17, 15) is 0 Å². The Balaban J connectivity index is 0.927. The number of para-hydroxylation sites is 1. The van der Waals surface area contributed by atoms with Gasteiger partial charge in [-0.1, -0.05) is 153 Å². The summed E-state index contributed by atoms with van der Waals surface area (Å²) >= 11 is 1.79. The molecule has 0 fully saturated rings. The van der Waals surface area contributed by atoms with Crippen molar-refractivity contribution in [3.8, 4) is 67.5 Å². The summed E-state index contributed by atoms with van der Waals surface area (Å²) in [5.74, 6) is 1.75. The number of hydrogen-bond donors (Lipinski definition) is 0. The van der Waals surface area contributed by atoms with E-state index in [-0.39, 0.29) is 5.41 Å². The third-order valence-corrected chi connectivity index (χ3v) is 14.9. The summed E-state index contributed by atoms with van der Waals surface area (Å²) in [6.07, 6.45) is 0. The van der Waals surface area contributed by atoms with Gasteiger partial charge in [-0.2, -0.15) is 0 Å². The van der Waals surface area contributed by atoms with E-state index in [1.165, 1.54) is 48.2 Å². The third kappa shape index (κ3) is 5.49. The molecule has 4 heterocycles. The standard InChI is InChI=1S/C60H37N3O2S/c1-60(2)46-18-6-3-12-38(46)44-32-36(28-30-47(44)60)34-24-26-35(27-25-34)37-29-31-49-45(33-37)55-42(16-10-21-51(55)65-49)58-61-57(41-15-9-20-50-54(41)39-13-4-7-19-48(39)64-50)62-59(63-58)43-17-11-23-53-56(43)40-14-5-8-22-52(40)66-53/h3-33H,1-2H3. The molecule has 9 aromatic carbocycles. The Hall–Kier alpha value is -8.19. The minimum absolute atomic E-state index is 0.0174. The van der Waals surface area contributed by atoms with E-state index in [0.717, 1.165) is 77.1 Å². The molecule has 5 nitrogen and oxygen atoms in total. The summed E-state index contributed by atoms with van der Waals surface area (Å²) in [5.41, 5.74) is 15.9. The van der Waals surface area contributed by atoms with Crippen LogP contribution in [0.4, 0.5) is 0 Å². The van der Waals surface area contributed by atoms with Crippen LogP contribution in [0.2, 0.25) is 0 Å².